The van der Waals surface area contributed by atoms with E-state index in [1.54, 1.807) is 0 Å². The highest BCUT2D eigenvalue weighted by Gasteiger charge is 2.41. The van der Waals surface area contributed by atoms with Gasteiger partial charge in [0.25, 0.3) is 0 Å². The summed E-state index contributed by atoms with van der Waals surface area (Å²) in [6.07, 6.45) is 9.27. The van der Waals surface area contributed by atoms with Gasteiger partial charge < -0.3 is 15.5 Å². The normalized spacial score (nSPS) is 30.9. The fourth-order valence-corrected chi connectivity index (χ4v) is 4.21. The minimum Gasteiger partial charge on any atom is -0.341 e. The summed E-state index contributed by atoms with van der Waals surface area (Å²) in [4.78, 5) is 17.2. The van der Waals surface area contributed by atoms with E-state index in [0.29, 0.717) is 5.92 Å². The minimum absolute atomic E-state index is 0.233. The number of hydrogen-bond acceptors (Lipinski definition) is 3. The Bertz CT molecular complexity index is 346. The van der Waals surface area contributed by atoms with E-state index in [0.717, 1.165) is 38.8 Å². The second kappa shape index (κ2) is 6.02. The maximum atomic E-state index is 12.6. The zero-order chi connectivity index (χ0) is 14.0. The third kappa shape index (κ3) is 3.01. The summed E-state index contributed by atoms with van der Waals surface area (Å²) >= 11 is 0. The molecule has 3 rings (SSSR count). The third-order valence-corrected chi connectivity index (χ3v) is 5.46. The number of hydrogen-bond donors (Lipinski definition) is 1. The van der Waals surface area contributed by atoms with Gasteiger partial charge in [-0.3, -0.25) is 4.79 Å². The molecule has 0 aromatic heterocycles. The molecule has 0 aromatic rings. The quantitative estimate of drug-likeness (QED) is 0.853. The first kappa shape index (κ1) is 14.3. The van der Waals surface area contributed by atoms with E-state index < -0.39 is 5.54 Å². The van der Waals surface area contributed by atoms with Crippen LogP contribution >= 0.6 is 0 Å². The number of amides is 1. The Balaban J connectivity index is 1.50. The summed E-state index contributed by atoms with van der Waals surface area (Å²) in [5.41, 5.74) is 5.78. The van der Waals surface area contributed by atoms with Gasteiger partial charge in [-0.2, -0.15) is 0 Å². The highest BCUT2D eigenvalue weighted by atomic mass is 16.2. The van der Waals surface area contributed by atoms with Gasteiger partial charge in [-0.1, -0.05) is 19.3 Å². The van der Waals surface area contributed by atoms with Crippen LogP contribution < -0.4 is 5.73 Å². The molecular formula is C16H29N3O. The third-order valence-electron chi connectivity index (χ3n) is 5.46. The molecule has 1 unspecified atom stereocenters. The Morgan fingerprint density at radius 1 is 1.05 bits per heavy atom. The minimum atomic E-state index is -0.528. The van der Waals surface area contributed by atoms with Crippen LogP contribution in [0.4, 0.5) is 0 Å². The highest BCUT2D eigenvalue weighted by Crippen LogP contribution is 2.31. The molecular weight excluding hydrogens is 250 g/mol. The molecule has 0 radical (unpaired) electrons. The van der Waals surface area contributed by atoms with Gasteiger partial charge >= 0.3 is 0 Å². The summed E-state index contributed by atoms with van der Waals surface area (Å²) in [7, 11) is 0. The van der Waals surface area contributed by atoms with E-state index >= 15 is 0 Å². The molecule has 0 aromatic carbocycles. The molecule has 2 aliphatic heterocycles. The van der Waals surface area contributed by atoms with Gasteiger partial charge in [0, 0.05) is 19.6 Å². The van der Waals surface area contributed by atoms with E-state index in [4.69, 9.17) is 5.73 Å². The smallest absolute Gasteiger partial charge is 0.242 e. The zero-order valence-corrected chi connectivity index (χ0v) is 12.6. The second-order valence-corrected chi connectivity index (χ2v) is 7.13. The van der Waals surface area contributed by atoms with Crippen molar-refractivity contribution in [2.75, 3.05) is 32.7 Å². The van der Waals surface area contributed by atoms with Crippen LogP contribution in [-0.2, 0) is 4.79 Å². The molecule has 4 nitrogen and oxygen atoms in total. The molecule has 0 bridgehead atoms. The zero-order valence-electron chi connectivity index (χ0n) is 12.6. The second-order valence-electron chi connectivity index (χ2n) is 7.13. The van der Waals surface area contributed by atoms with Gasteiger partial charge in [-0.15, -0.1) is 0 Å². The predicted molar refractivity (Wildman–Crippen MR) is 80.4 cm³/mol. The molecule has 2 N–H and O–H groups in total. The lowest BCUT2D eigenvalue weighted by Gasteiger charge is -2.30. The van der Waals surface area contributed by atoms with Crippen molar-refractivity contribution in [3.63, 3.8) is 0 Å². The molecule has 20 heavy (non-hydrogen) atoms. The van der Waals surface area contributed by atoms with Crippen molar-refractivity contribution in [1.29, 1.82) is 0 Å². The van der Waals surface area contributed by atoms with Crippen molar-refractivity contribution in [1.82, 2.24) is 9.80 Å². The fourth-order valence-electron chi connectivity index (χ4n) is 4.21. The summed E-state index contributed by atoms with van der Waals surface area (Å²) in [5, 5.41) is 0. The molecule has 1 saturated carbocycles. The predicted octanol–water partition coefficient (Wildman–Crippen LogP) is 1.59. The number of carbonyl (C=O) groups excluding carboxylic acids is 1. The average molecular weight is 279 g/mol. The maximum Gasteiger partial charge on any atom is 0.242 e. The van der Waals surface area contributed by atoms with Gasteiger partial charge in [0.1, 0.15) is 0 Å². The summed E-state index contributed by atoms with van der Waals surface area (Å²) < 4.78 is 0. The number of carbonyl (C=O) groups is 1. The van der Waals surface area contributed by atoms with E-state index in [9.17, 15) is 4.79 Å². The molecule has 2 heterocycles. The van der Waals surface area contributed by atoms with Gasteiger partial charge in [-0.25, -0.2) is 0 Å². The van der Waals surface area contributed by atoms with Crippen molar-refractivity contribution < 1.29 is 4.79 Å². The Morgan fingerprint density at radius 3 is 2.45 bits per heavy atom. The van der Waals surface area contributed by atoms with Crippen LogP contribution in [-0.4, -0.2) is 54.0 Å². The number of nitrogens with two attached hydrogens (primary N) is 1. The fraction of sp³-hybridized carbons (Fsp3) is 0.938. The van der Waals surface area contributed by atoms with E-state index in [1.807, 2.05) is 0 Å². The molecule has 1 atom stereocenters. The standard InChI is InChI=1S/C16H29N3O/c17-16(7-2-3-8-16)15(20)19-11-6-14(13-19)12-18-9-4-1-5-10-18/h14H,1-13,17H2. The highest BCUT2D eigenvalue weighted by molar-refractivity contribution is 5.86. The molecule has 3 fully saturated rings. The van der Waals surface area contributed by atoms with Gasteiger partial charge in [-0.05, 0) is 51.1 Å². The molecule has 3 aliphatic rings. The number of likely N-dealkylation sites (tertiary alicyclic amines) is 2. The van der Waals surface area contributed by atoms with Crippen LogP contribution in [0.5, 0.6) is 0 Å². The Labute approximate surface area is 122 Å². The number of piperidine rings is 1. The van der Waals surface area contributed by atoms with E-state index in [2.05, 4.69) is 9.80 Å². The van der Waals surface area contributed by atoms with Gasteiger partial charge in [0.2, 0.25) is 5.91 Å². The first-order chi connectivity index (χ1) is 9.67. The van der Waals surface area contributed by atoms with Crippen LogP contribution in [0.25, 0.3) is 0 Å². The Kier molecular flexibility index (Phi) is 4.32. The maximum absolute atomic E-state index is 12.6. The largest absolute Gasteiger partial charge is 0.341 e. The van der Waals surface area contributed by atoms with Gasteiger partial charge in [0.05, 0.1) is 5.54 Å². The number of nitrogens with zero attached hydrogens (tertiary/aromatic N) is 2. The van der Waals surface area contributed by atoms with Crippen molar-refractivity contribution in [3.05, 3.63) is 0 Å². The monoisotopic (exact) mass is 279 g/mol. The Hall–Kier alpha value is -0.610. The Morgan fingerprint density at radius 2 is 1.75 bits per heavy atom. The van der Waals surface area contributed by atoms with Crippen molar-refractivity contribution in [2.24, 2.45) is 11.7 Å². The van der Waals surface area contributed by atoms with E-state index in [1.165, 1.54) is 45.3 Å². The molecule has 114 valence electrons. The molecule has 1 amide bonds. The molecule has 2 saturated heterocycles. The first-order valence-electron chi connectivity index (χ1n) is 8.48. The van der Waals surface area contributed by atoms with Crippen LogP contribution in [0.15, 0.2) is 0 Å². The van der Waals surface area contributed by atoms with Gasteiger partial charge in [0.15, 0.2) is 0 Å². The summed E-state index contributed by atoms with van der Waals surface area (Å²) in [5.74, 6) is 0.901. The lowest BCUT2D eigenvalue weighted by Crippen LogP contribution is -2.53. The van der Waals surface area contributed by atoms with Crippen LogP contribution in [0.3, 0.4) is 0 Å². The molecule has 4 heteroatoms. The van der Waals surface area contributed by atoms with E-state index in [-0.39, 0.29) is 5.91 Å². The summed E-state index contributed by atoms with van der Waals surface area (Å²) in [6.45, 7) is 5.56. The summed E-state index contributed by atoms with van der Waals surface area (Å²) in [6, 6.07) is 0. The van der Waals surface area contributed by atoms with Crippen molar-refractivity contribution >= 4 is 5.91 Å². The number of rotatable bonds is 3. The lowest BCUT2D eigenvalue weighted by atomic mass is 9.97. The first-order valence-corrected chi connectivity index (χ1v) is 8.48. The van der Waals surface area contributed by atoms with Crippen LogP contribution in [0, 0.1) is 5.92 Å². The SMILES string of the molecule is NC1(C(=O)N2CCC(CN3CCCCC3)C2)CCCC1. The molecule has 1 aliphatic carbocycles. The van der Waals surface area contributed by atoms with Crippen LogP contribution in [0.1, 0.15) is 51.4 Å². The topological polar surface area (TPSA) is 49.6 Å². The van der Waals surface area contributed by atoms with Crippen LogP contribution in [0.2, 0.25) is 0 Å². The lowest BCUT2D eigenvalue weighted by molar-refractivity contribution is -0.135. The van der Waals surface area contributed by atoms with Crippen molar-refractivity contribution in [3.8, 4) is 0 Å². The average Bonchev–Trinajstić information content (AvgIpc) is 3.09. The molecule has 0 spiro atoms. The van der Waals surface area contributed by atoms with Crippen molar-refractivity contribution in [2.45, 2.75) is 56.9 Å².